The van der Waals surface area contributed by atoms with E-state index in [1.165, 1.54) is 12.8 Å². The molecule has 1 aliphatic heterocycles. The Morgan fingerprint density at radius 1 is 1.29 bits per heavy atom. The zero-order chi connectivity index (χ0) is 12.8. The predicted octanol–water partition coefficient (Wildman–Crippen LogP) is 2.70. The zero-order valence-corrected chi connectivity index (χ0v) is 11.7. The molecule has 0 N–H and O–H groups in total. The van der Waals surface area contributed by atoms with Crippen LogP contribution in [-0.4, -0.2) is 36.6 Å². The van der Waals surface area contributed by atoms with Gasteiger partial charge in [-0.05, 0) is 51.6 Å². The molecule has 0 amide bonds. The van der Waals surface area contributed by atoms with E-state index in [0.717, 1.165) is 24.9 Å². The third-order valence-electron chi connectivity index (χ3n) is 3.91. The van der Waals surface area contributed by atoms with Gasteiger partial charge in [-0.2, -0.15) is 0 Å². The fourth-order valence-corrected chi connectivity index (χ4v) is 2.62. The van der Waals surface area contributed by atoms with Crippen LogP contribution in [0.2, 0.25) is 0 Å². The number of carbonyl (C=O) groups excluding carboxylic acids is 1. The summed E-state index contributed by atoms with van der Waals surface area (Å²) in [4.78, 5) is 13.8. The van der Waals surface area contributed by atoms with Gasteiger partial charge >= 0.3 is 5.97 Å². The Hall–Kier alpha value is -0.570. The van der Waals surface area contributed by atoms with E-state index in [9.17, 15) is 4.79 Å². The molecule has 0 aromatic carbocycles. The first-order valence-corrected chi connectivity index (χ1v) is 6.94. The number of nitrogens with zero attached hydrogens (tertiary/aromatic N) is 1. The Labute approximate surface area is 106 Å². The Morgan fingerprint density at radius 2 is 1.88 bits per heavy atom. The molecule has 0 radical (unpaired) electrons. The second-order valence-corrected chi connectivity index (χ2v) is 5.48. The molecule has 1 fully saturated rings. The quantitative estimate of drug-likeness (QED) is 0.693. The standard InChI is InChI=1S/C14H27NO2/c1-5-17-14(16)10-12(4)15-8-6-13(7-9-15)11(2)3/h11-13H,5-10H2,1-4H3. The first kappa shape index (κ1) is 14.5. The van der Waals surface area contributed by atoms with Crippen molar-refractivity contribution in [1.29, 1.82) is 0 Å². The van der Waals surface area contributed by atoms with Crippen molar-refractivity contribution >= 4 is 5.97 Å². The van der Waals surface area contributed by atoms with Gasteiger partial charge in [-0.25, -0.2) is 0 Å². The lowest BCUT2D eigenvalue weighted by molar-refractivity contribution is -0.144. The third-order valence-corrected chi connectivity index (χ3v) is 3.91. The first-order chi connectivity index (χ1) is 8.04. The smallest absolute Gasteiger partial charge is 0.307 e. The van der Waals surface area contributed by atoms with Crippen LogP contribution in [0.3, 0.4) is 0 Å². The fourth-order valence-electron chi connectivity index (χ4n) is 2.62. The van der Waals surface area contributed by atoms with Crippen LogP contribution in [0.5, 0.6) is 0 Å². The lowest BCUT2D eigenvalue weighted by atomic mass is 9.86. The van der Waals surface area contributed by atoms with E-state index in [0.29, 0.717) is 19.1 Å². The molecule has 1 unspecified atom stereocenters. The number of esters is 1. The SMILES string of the molecule is CCOC(=O)CC(C)N1CCC(C(C)C)CC1. The molecule has 0 aliphatic carbocycles. The molecule has 0 saturated carbocycles. The Balaban J connectivity index is 2.30. The summed E-state index contributed by atoms with van der Waals surface area (Å²) in [6, 6.07) is 0.321. The number of piperidine rings is 1. The van der Waals surface area contributed by atoms with Crippen molar-refractivity contribution in [3.63, 3.8) is 0 Å². The summed E-state index contributed by atoms with van der Waals surface area (Å²) in [7, 11) is 0. The van der Waals surface area contributed by atoms with Gasteiger partial charge in [0.15, 0.2) is 0 Å². The average molecular weight is 241 g/mol. The highest BCUT2D eigenvalue weighted by molar-refractivity contribution is 5.70. The van der Waals surface area contributed by atoms with E-state index in [-0.39, 0.29) is 5.97 Å². The molecular formula is C14H27NO2. The highest BCUT2D eigenvalue weighted by atomic mass is 16.5. The van der Waals surface area contributed by atoms with Gasteiger partial charge in [-0.15, -0.1) is 0 Å². The van der Waals surface area contributed by atoms with E-state index in [4.69, 9.17) is 4.74 Å². The van der Waals surface area contributed by atoms with Gasteiger partial charge in [0.2, 0.25) is 0 Å². The number of hydrogen-bond donors (Lipinski definition) is 0. The van der Waals surface area contributed by atoms with E-state index < -0.39 is 0 Å². The van der Waals surface area contributed by atoms with Gasteiger partial charge in [-0.3, -0.25) is 4.79 Å². The molecular weight excluding hydrogens is 214 g/mol. The van der Waals surface area contributed by atoms with E-state index >= 15 is 0 Å². The van der Waals surface area contributed by atoms with Crippen LogP contribution in [0, 0.1) is 11.8 Å². The van der Waals surface area contributed by atoms with Crippen molar-refractivity contribution in [3.05, 3.63) is 0 Å². The van der Waals surface area contributed by atoms with Gasteiger partial charge in [0, 0.05) is 6.04 Å². The highest BCUT2D eigenvalue weighted by Crippen LogP contribution is 2.25. The number of hydrogen-bond acceptors (Lipinski definition) is 3. The molecule has 1 rings (SSSR count). The highest BCUT2D eigenvalue weighted by Gasteiger charge is 2.25. The summed E-state index contributed by atoms with van der Waals surface area (Å²) in [6.07, 6.45) is 3.07. The molecule has 1 heterocycles. The molecule has 1 atom stereocenters. The van der Waals surface area contributed by atoms with Crippen molar-refractivity contribution in [3.8, 4) is 0 Å². The first-order valence-electron chi connectivity index (χ1n) is 6.94. The number of ether oxygens (including phenoxy) is 1. The molecule has 0 aromatic heterocycles. The van der Waals surface area contributed by atoms with E-state index in [1.54, 1.807) is 0 Å². The summed E-state index contributed by atoms with van der Waals surface area (Å²) < 4.78 is 5.00. The number of likely N-dealkylation sites (tertiary alicyclic amines) is 1. The molecule has 100 valence electrons. The Bertz CT molecular complexity index is 232. The zero-order valence-electron chi connectivity index (χ0n) is 11.7. The summed E-state index contributed by atoms with van der Waals surface area (Å²) in [6.45, 7) is 11.3. The average Bonchev–Trinajstić information content (AvgIpc) is 2.29. The molecule has 1 saturated heterocycles. The molecule has 0 bridgehead atoms. The maximum atomic E-state index is 11.4. The second kappa shape index (κ2) is 7.00. The van der Waals surface area contributed by atoms with Crippen molar-refractivity contribution in [2.24, 2.45) is 11.8 Å². The molecule has 3 heteroatoms. The van der Waals surface area contributed by atoms with Crippen LogP contribution in [0.15, 0.2) is 0 Å². The third kappa shape index (κ3) is 4.66. The minimum Gasteiger partial charge on any atom is -0.466 e. The maximum absolute atomic E-state index is 11.4. The molecule has 3 nitrogen and oxygen atoms in total. The lowest BCUT2D eigenvalue weighted by Gasteiger charge is -2.37. The maximum Gasteiger partial charge on any atom is 0.307 e. The van der Waals surface area contributed by atoms with Crippen LogP contribution in [0.1, 0.15) is 47.0 Å². The van der Waals surface area contributed by atoms with Gasteiger partial charge in [-0.1, -0.05) is 13.8 Å². The van der Waals surface area contributed by atoms with Crippen LogP contribution < -0.4 is 0 Å². The molecule has 0 aromatic rings. The fraction of sp³-hybridized carbons (Fsp3) is 0.929. The van der Waals surface area contributed by atoms with Crippen LogP contribution in [0.4, 0.5) is 0 Å². The van der Waals surface area contributed by atoms with Gasteiger partial charge in [0.1, 0.15) is 0 Å². The van der Waals surface area contributed by atoms with E-state index in [2.05, 4.69) is 25.7 Å². The second-order valence-electron chi connectivity index (χ2n) is 5.48. The van der Waals surface area contributed by atoms with Gasteiger partial charge < -0.3 is 9.64 Å². The molecule has 17 heavy (non-hydrogen) atoms. The molecule has 1 aliphatic rings. The van der Waals surface area contributed by atoms with Crippen molar-refractivity contribution in [2.45, 2.75) is 53.0 Å². The minimum absolute atomic E-state index is 0.0639. The largest absolute Gasteiger partial charge is 0.466 e. The van der Waals surface area contributed by atoms with Gasteiger partial charge in [0.05, 0.1) is 13.0 Å². The minimum atomic E-state index is -0.0639. The lowest BCUT2D eigenvalue weighted by Crippen LogP contribution is -2.42. The van der Waals surface area contributed by atoms with Crippen molar-refractivity contribution in [1.82, 2.24) is 4.90 Å². The monoisotopic (exact) mass is 241 g/mol. The van der Waals surface area contributed by atoms with Crippen LogP contribution in [0.25, 0.3) is 0 Å². The topological polar surface area (TPSA) is 29.5 Å². The normalized spacial score (nSPS) is 20.5. The number of rotatable bonds is 5. The van der Waals surface area contributed by atoms with Gasteiger partial charge in [0.25, 0.3) is 0 Å². The van der Waals surface area contributed by atoms with E-state index in [1.807, 2.05) is 6.92 Å². The Morgan fingerprint density at radius 3 is 2.35 bits per heavy atom. The van der Waals surface area contributed by atoms with Crippen LogP contribution >= 0.6 is 0 Å². The summed E-state index contributed by atoms with van der Waals surface area (Å²) in [5.41, 5.74) is 0. The summed E-state index contributed by atoms with van der Waals surface area (Å²) in [5, 5.41) is 0. The van der Waals surface area contributed by atoms with Crippen molar-refractivity contribution < 1.29 is 9.53 Å². The number of carbonyl (C=O) groups is 1. The predicted molar refractivity (Wildman–Crippen MR) is 69.8 cm³/mol. The summed E-state index contributed by atoms with van der Waals surface area (Å²) >= 11 is 0. The molecule has 0 spiro atoms. The summed E-state index contributed by atoms with van der Waals surface area (Å²) in [5.74, 6) is 1.59. The van der Waals surface area contributed by atoms with Crippen LogP contribution in [-0.2, 0) is 9.53 Å². The Kier molecular flexibility index (Phi) is 5.96. The van der Waals surface area contributed by atoms with Crippen molar-refractivity contribution in [2.75, 3.05) is 19.7 Å².